The van der Waals surface area contributed by atoms with E-state index in [0.29, 0.717) is 27.4 Å². The van der Waals surface area contributed by atoms with Gasteiger partial charge in [-0.1, -0.05) is 48.0 Å². The van der Waals surface area contributed by atoms with Gasteiger partial charge in [-0.2, -0.15) is 0 Å². The van der Waals surface area contributed by atoms with Gasteiger partial charge in [0.15, 0.2) is 5.54 Å². The molecule has 0 spiro atoms. The summed E-state index contributed by atoms with van der Waals surface area (Å²) in [6.45, 7) is 3.66. The molecule has 0 fully saturated rings. The quantitative estimate of drug-likeness (QED) is 0.578. The summed E-state index contributed by atoms with van der Waals surface area (Å²) in [5, 5.41) is 6.21. The molecule has 1 aliphatic heterocycles. The summed E-state index contributed by atoms with van der Waals surface area (Å²) in [5.41, 5.74) is 0.556. The average Bonchev–Trinajstić information content (AvgIpc) is 3.06. The van der Waals surface area contributed by atoms with E-state index in [0.717, 1.165) is 0 Å². The van der Waals surface area contributed by atoms with E-state index in [1.165, 1.54) is 0 Å². The van der Waals surface area contributed by atoms with Crippen molar-refractivity contribution >= 4 is 35.0 Å². The number of hydrogen-bond donors (Lipinski definition) is 2. The fraction of sp³-hybridized carbons (Fsp3) is 0.192. The summed E-state index contributed by atoms with van der Waals surface area (Å²) in [6, 6.07) is 22.4. The predicted octanol–water partition coefficient (Wildman–Crippen LogP) is 4.15. The lowest BCUT2D eigenvalue weighted by molar-refractivity contribution is -0.124. The maximum Gasteiger partial charge on any atom is 0.259 e. The molecule has 3 aromatic carbocycles. The number of carbonyl (C=O) groups is 3. The van der Waals surface area contributed by atoms with Gasteiger partial charge < -0.3 is 15.5 Å². The molecule has 1 heterocycles. The largest absolute Gasteiger partial charge is 0.349 e. The maximum absolute atomic E-state index is 13.9. The van der Waals surface area contributed by atoms with Crippen LogP contribution in [0, 0.1) is 0 Å². The van der Waals surface area contributed by atoms with Crippen LogP contribution >= 0.6 is 11.6 Å². The van der Waals surface area contributed by atoms with E-state index in [1.54, 1.807) is 71.6 Å². The number of nitrogens with one attached hydrogen (secondary N) is 2. The highest BCUT2D eigenvalue weighted by Crippen LogP contribution is 2.42. The zero-order valence-corrected chi connectivity index (χ0v) is 19.1. The Labute approximate surface area is 197 Å². The van der Waals surface area contributed by atoms with Crippen molar-refractivity contribution in [3.05, 3.63) is 101 Å². The molecule has 3 amide bonds. The van der Waals surface area contributed by atoms with Crippen LogP contribution in [-0.4, -0.2) is 30.3 Å². The van der Waals surface area contributed by atoms with Crippen LogP contribution in [0.25, 0.3) is 0 Å². The number of nitrogens with zero attached hydrogens (tertiary/aromatic N) is 1. The summed E-state index contributed by atoms with van der Waals surface area (Å²) >= 11 is 6.31. The van der Waals surface area contributed by atoms with Gasteiger partial charge in [0.2, 0.25) is 0 Å². The first kappa shape index (κ1) is 22.6. The highest BCUT2D eigenvalue weighted by Gasteiger charge is 2.53. The summed E-state index contributed by atoms with van der Waals surface area (Å²) in [6.07, 6.45) is 0. The summed E-state index contributed by atoms with van der Waals surface area (Å²) in [7, 11) is 0. The molecule has 1 atom stereocenters. The lowest BCUT2D eigenvalue weighted by Crippen LogP contribution is -2.59. The number of hydrogen-bond acceptors (Lipinski definition) is 3. The highest BCUT2D eigenvalue weighted by atomic mass is 35.5. The molecule has 1 unspecified atom stereocenters. The third-order valence-electron chi connectivity index (χ3n) is 5.69. The van der Waals surface area contributed by atoms with Crippen molar-refractivity contribution < 1.29 is 14.4 Å². The summed E-state index contributed by atoms with van der Waals surface area (Å²) in [4.78, 5) is 41.5. The molecule has 0 bridgehead atoms. The van der Waals surface area contributed by atoms with Crippen LogP contribution < -0.4 is 15.5 Å². The molecule has 4 rings (SSSR count). The molecule has 2 N–H and O–H groups in total. The molecule has 1 aliphatic rings. The lowest BCUT2D eigenvalue weighted by Gasteiger charge is -2.31. The molecular weight excluding hydrogens is 438 g/mol. The molecule has 0 saturated heterocycles. The van der Waals surface area contributed by atoms with E-state index in [9.17, 15) is 14.4 Å². The Balaban J connectivity index is 1.77. The molecule has 168 valence electrons. The Morgan fingerprint density at radius 1 is 0.909 bits per heavy atom. The monoisotopic (exact) mass is 461 g/mol. The zero-order valence-electron chi connectivity index (χ0n) is 18.3. The van der Waals surface area contributed by atoms with E-state index in [2.05, 4.69) is 10.6 Å². The summed E-state index contributed by atoms with van der Waals surface area (Å²) in [5.74, 6) is -1.09. The van der Waals surface area contributed by atoms with Crippen LogP contribution in [0.4, 0.5) is 5.69 Å². The van der Waals surface area contributed by atoms with Crippen molar-refractivity contribution in [1.29, 1.82) is 0 Å². The Bertz CT molecular complexity index is 1200. The zero-order chi connectivity index (χ0) is 23.6. The number of anilines is 1. The van der Waals surface area contributed by atoms with Gasteiger partial charge in [0.1, 0.15) is 0 Å². The fourth-order valence-electron chi connectivity index (χ4n) is 4.10. The molecule has 6 nitrogen and oxygen atoms in total. The smallest absolute Gasteiger partial charge is 0.259 e. The second kappa shape index (κ2) is 9.08. The number of rotatable bonds is 6. The van der Waals surface area contributed by atoms with Gasteiger partial charge in [-0.25, -0.2) is 0 Å². The average molecular weight is 462 g/mol. The number of halogens is 1. The first-order valence-electron chi connectivity index (χ1n) is 10.7. The number of amides is 3. The van der Waals surface area contributed by atoms with E-state index >= 15 is 0 Å². The Morgan fingerprint density at radius 3 is 2.06 bits per heavy atom. The van der Waals surface area contributed by atoms with Crippen molar-refractivity contribution in [2.24, 2.45) is 0 Å². The maximum atomic E-state index is 13.9. The Morgan fingerprint density at radius 2 is 1.48 bits per heavy atom. The van der Waals surface area contributed by atoms with Crippen LogP contribution in [0.3, 0.4) is 0 Å². The number of carbonyl (C=O) groups excluding carboxylic acids is 3. The van der Waals surface area contributed by atoms with Crippen LogP contribution in [0.1, 0.15) is 40.1 Å². The topological polar surface area (TPSA) is 78.5 Å². The molecule has 33 heavy (non-hydrogen) atoms. The minimum atomic E-state index is -1.51. The van der Waals surface area contributed by atoms with E-state index in [4.69, 9.17) is 11.6 Å². The van der Waals surface area contributed by atoms with Crippen molar-refractivity contribution in [2.75, 3.05) is 11.4 Å². The van der Waals surface area contributed by atoms with Crippen LogP contribution in [0.15, 0.2) is 78.9 Å². The fourth-order valence-corrected chi connectivity index (χ4v) is 4.27. The van der Waals surface area contributed by atoms with Gasteiger partial charge in [0, 0.05) is 27.8 Å². The predicted molar refractivity (Wildman–Crippen MR) is 128 cm³/mol. The lowest BCUT2D eigenvalue weighted by atomic mass is 9.90. The van der Waals surface area contributed by atoms with E-state index < -0.39 is 11.4 Å². The molecule has 0 aromatic heterocycles. The SMILES string of the molecule is CC(C)N1C(=O)C(CNC(=O)c2ccccc2)(NC(=O)c2ccccc2)c2cc(Cl)ccc21. The summed E-state index contributed by atoms with van der Waals surface area (Å²) < 4.78 is 0. The Hall–Kier alpha value is -3.64. The third kappa shape index (κ3) is 4.22. The normalized spacial score (nSPS) is 17.1. The molecule has 3 aromatic rings. The number of benzene rings is 3. The molecule has 7 heteroatoms. The van der Waals surface area contributed by atoms with Gasteiger partial charge in [-0.3, -0.25) is 14.4 Å². The first-order valence-corrected chi connectivity index (χ1v) is 11.1. The standard InChI is InChI=1S/C26H24ClN3O3/c1-17(2)30-22-14-13-20(27)15-21(22)26(25(30)33,29-24(32)19-11-7-4-8-12-19)16-28-23(31)18-9-5-3-6-10-18/h3-15,17H,16H2,1-2H3,(H,28,31)(H,29,32). The highest BCUT2D eigenvalue weighted by molar-refractivity contribution is 6.31. The van der Waals surface area contributed by atoms with Gasteiger partial charge >= 0.3 is 0 Å². The second-order valence-electron chi connectivity index (χ2n) is 8.20. The van der Waals surface area contributed by atoms with Crippen LogP contribution in [-0.2, 0) is 10.3 Å². The van der Waals surface area contributed by atoms with Crippen molar-refractivity contribution in [1.82, 2.24) is 10.6 Å². The van der Waals surface area contributed by atoms with Crippen molar-refractivity contribution in [2.45, 2.75) is 25.4 Å². The molecule has 0 aliphatic carbocycles. The molecule has 0 radical (unpaired) electrons. The van der Waals surface area contributed by atoms with E-state index in [1.807, 2.05) is 26.0 Å². The molecule has 0 saturated carbocycles. The van der Waals surface area contributed by atoms with Crippen LogP contribution in [0.5, 0.6) is 0 Å². The number of fused-ring (bicyclic) bond motifs is 1. The van der Waals surface area contributed by atoms with Gasteiger partial charge in [-0.15, -0.1) is 0 Å². The van der Waals surface area contributed by atoms with Gasteiger partial charge in [0.05, 0.1) is 12.2 Å². The Kier molecular flexibility index (Phi) is 6.20. The van der Waals surface area contributed by atoms with Crippen LogP contribution in [0.2, 0.25) is 5.02 Å². The minimum Gasteiger partial charge on any atom is -0.349 e. The van der Waals surface area contributed by atoms with Gasteiger partial charge in [-0.05, 0) is 56.3 Å². The minimum absolute atomic E-state index is 0.130. The van der Waals surface area contributed by atoms with Crippen molar-refractivity contribution in [3.8, 4) is 0 Å². The first-order chi connectivity index (χ1) is 15.8. The molecular formula is C26H24ClN3O3. The second-order valence-corrected chi connectivity index (χ2v) is 8.64. The van der Waals surface area contributed by atoms with E-state index in [-0.39, 0.29) is 24.4 Å². The van der Waals surface area contributed by atoms with Crippen molar-refractivity contribution in [3.63, 3.8) is 0 Å². The third-order valence-corrected chi connectivity index (χ3v) is 5.93. The van der Waals surface area contributed by atoms with Gasteiger partial charge in [0.25, 0.3) is 17.7 Å².